The lowest BCUT2D eigenvalue weighted by atomic mass is 9.89. The summed E-state index contributed by atoms with van der Waals surface area (Å²) in [7, 11) is 0. The van der Waals surface area contributed by atoms with Crippen LogP contribution in [-0.2, 0) is 16.0 Å². The zero-order chi connectivity index (χ0) is 19.7. The Morgan fingerprint density at radius 1 is 1.04 bits per heavy atom. The van der Waals surface area contributed by atoms with E-state index in [2.05, 4.69) is 36.4 Å². The molecule has 1 atom stereocenters. The summed E-state index contributed by atoms with van der Waals surface area (Å²) in [5, 5.41) is 0. The molecule has 2 amide bonds. The van der Waals surface area contributed by atoms with Gasteiger partial charge in [0.2, 0.25) is 5.91 Å². The Morgan fingerprint density at radius 2 is 1.63 bits per heavy atom. The number of amides is 2. The zero-order valence-corrected chi connectivity index (χ0v) is 16.5. The van der Waals surface area contributed by atoms with Crippen molar-refractivity contribution in [1.82, 2.24) is 4.90 Å². The van der Waals surface area contributed by atoms with Gasteiger partial charge in [-0.25, -0.2) is 9.69 Å². The third-order valence-corrected chi connectivity index (χ3v) is 4.89. The van der Waals surface area contributed by atoms with Crippen molar-refractivity contribution in [3.8, 4) is 11.1 Å². The fourth-order valence-corrected chi connectivity index (χ4v) is 3.58. The van der Waals surface area contributed by atoms with Crippen molar-refractivity contribution in [2.45, 2.75) is 58.1 Å². The number of carbonyl (C=O) groups excluding carboxylic acids is 2. The van der Waals surface area contributed by atoms with Gasteiger partial charge < -0.3 is 4.74 Å². The van der Waals surface area contributed by atoms with Gasteiger partial charge in [-0.3, -0.25) is 4.79 Å². The average Bonchev–Trinajstić information content (AvgIpc) is 2.89. The first-order valence-electron chi connectivity index (χ1n) is 9.38. The summed E-state index contributed by atoms with van der Waals surface area (Å²) in [4.78, 5) is 26.3. The second kappa shape index (κ2) is 7.18. The van der Waals surface area contributed by atoms with Gasteiger partial charge in [0.05, 0.1) is 5.54 Å². The number of carbonyl (C=O) groups is 2. The van der Waals surface area contributed by atoms with Crippen LogP contribution in [0.1, 0.15) is 46.1 Å². The molecule has 0 radical (unpaired) electrons. The molecule has 3 rings (SSSR count). The third kappa shape index (κ3) is 4.38. The van der Waals surface area contributed by atoms with Crippen LogP contribution in [-0.4, -0.2) is 28.0 Å². The van der Waals surface area contributed by atoms with Crippen molar-refractivity contribution in [3.05, 3.63) is 60.2 Å². The van der Waals surface area contributed by atoms with Gasteiger partial charge in [0, 0.05) is 6.42 Å². The Hall–Kier alpha value is -2.62. The molecule has 142 valence electrons. The molecule has 0 spiro atoms. The van der Waals surface area contributed by atoms with Gasteiger partial charge in [-0.05, 0) is 57.2 Å². The fourth-order valence-electron chi connectivity index (χ4n) is 3.58. The Balaban J connectivity index is 1.78. The maximum Gasteiger partial charge on any atom is 0.417 e. The standard InChI is InChI=1S/C23H27NO3/c1-22(2,3)27-21(26)24-20(25)14-15-23(24,4)16-17-10-12-19(13-11-17)18-8-6-5-7-9-18/h5-13H,14-16H2,1-4H3. The summed E-state index contributed by atoms with van der Waals surface area (Å²) >= 11 is 0. The van der Waals surface area contributed by atoms with E-state index < -0.39 is 17.2 Å². The predicted molar refractivity (Wildman–Crippen MR) is 106 cm³/mol. The Kier molecular flexibility index (Phi) is 5.09. The lowest BCUT2D eigenvalue weighted by Gasteiger charge is -2.35. The maximum absolute atomic E-state index is 12.6. The van der Waals surface area contributed by atoms with Crippen molar-refractivity contribution < 1.29 is 14.3 Å². The Bertz CT molecular complexity index is 821. The summed E-state index contributed by atoms with van der Waals surface area (Å²) in [6.45, 7) is 7.40. The minimum absolute atomic E-state index is 0.160. The van der Waals surface area contributed by atoms with E-state index in [1.54, 1.807) is 0 Å². The van der Waals surface area contributed by atoms with Gasteiger partial charge in [0.25, 0.3) is 0 Å². The SMILES string of the molecule is CC(C)(C)OC(=O)N1C(=O)CCC1(C)Cc1ccc(-c2ccccc2)cc1. The van der Waals surface area contributed by atoms with E-state index >= 15 is 0 Å². The van der Waals surface area contributed by atoms with Crippen LogP contribution in [0, 0.1) is 0 Å². The van der Waals surface area contributed by atoms with Crippen molar-refractivity contribution in [1.29, 1.82) is 0 Å². The molecule has 1 heterocycles. The quantitative estimate of drug-likeness (QED) is 0.750. The van der Waals surface area contributed by atoms with Crippen LogP contribution in [0.5, 0.6) is 0 Å². The van der Waals surface area contributed by atoms with Crippen LogP contribution in [0.4, 0.5) is 4.79 Å². The van der Waals surface area contributed by atoms with Crippen LogP contribution >= 0.6 is 0 Å². The summed E-state index contributed by atoms with van der Waals surface area (Å²) < 4.78 is 5.47. The molecule has 0 aliphatic carbocycles. The van der Waals surface area contributed by atoms with E-state index in [9.17, 15) is 9.59 Å². The number of hydrogen-bond donors (Lipinski definition) is 0. The molecular weight excluding hydrogens is 338 g/mol. The third-order valence-electron chi connectivity index (χ3n) is 4.89. The molecule has 1 unspecified atom stereocenters. The minimum atomic E-state index is -0.627. The molecule has 0 N–H and O–H groups in total. The summed E-state index contributed by atoms with van der Waals surface area (Å²) in [6.07, 6.45) is 1.09. The van der Waals surface area contributed by atoms with Gasteiger partial charge >= 0.3 is 6.09 Å². The van der Waals surface area contributed by atoms with Gasteiger partial charge in [-0.1, -0.05) is 54.6 Å². The molecule has 4 nitrogen and oxygen atoms in total. The number of benzene rings is 2. The molecule has 0 aromatic heterocycles. The van der Waals surface area contributed by atoms with E-state index in [0.717, 1.165) is 11.1 Å². The van der Waals surface area contributed by atoms with Crippen LogP contribution in [0.25, 0.3) is 11.1 Å². The van der Waals surface area contributed by atoms with Crippen LogP contribution in [0.3, 0.4) is 0 Å². The normalized spacial score (nSPS) is 20.0. The Labute approximate surface area is 161 Å². The van der Waals surface area contributed by atoms with Crippen LogP contribution in [0.2, 0.25) is 0 Å². The van der Waals surface area contributed by atoms with E-state index in [1.165, 1.54) is 10.5 Å². The van der Waals surface area contributed by atoms with Crippen molar-refractivity contribution in [2.24, 2.45) is 0 Å². The van der Waals surface area contributed by atoms with E-state index in [4.69, 9.17) is 4.74 Å². The molecule has 1 saturated heterocycles. The summed E-state index contributed by atoms with van der Waals surface area (Å²) in [5.74, 6) is -0.160. The smallest absolute Gasteiger partial charge is 0.417 e. The Morgan fingerprint density at radius 3 is 2.22 bits per heavy atom. The molecule has 27 heavy (non-hydrogen) atoms. The molecule has 2 aromatic rings. The largest absolute Gasteiger partial charge is 0.443 e. The first-order chi connectivity index (χ1) is 12.7. The van der Waals surface area contributed by atoms with E-state index in [1.807, 2.05) is 45.9 Å². The highest BCUT2D eigenvalue weighted by molar-refractivity contribution is 5.95. The van der Waals surface area contributed by atoms with Crippen LogP contribution in [0.15, 0.2) is 54.6 Å². The van der Waals surface area contributed by atoms with Gasteiger partial charge in [0.15, 0.2) is 0 Å². The minimum Gasteiger partial charge on any atom is -0.443 e. The second-order valence-corrected chi connectivity index (χ2v) is 8.45. The topological polar surface area (TPSA) is 46.6 Å². The molecule has 0 bridgehead atoms. The first-order valence-corrected chi connectivity index (χ1v) is 9.38. The molecule has 0 saturated carbocycles. The monoisotopic (exact) mass is 365 g/mol. The summed E-state index contributed by atoms with van der Waals surface area (Å²) in [6, 6.07) is 18.5. The number of imide groups is 1. The number of rotatable bonds is 3. The highest BCUT2D eigenvalue weighted by Crippen LogP contribution is 2.35. The molecule has 1 aliphatic heterocycles. The average molecular weight is 365 g/mol. The van der Waals surface area contributed by atoms with E-state index in [0.29, 0.717) is 19.3 Å². The lowest BCUT2D eigenvalue weighted by Crippen LogP contribution is -2.50. The molecule has 4 heteroatoms. The molecule has 1 fully saturated rings. The number of ether oxygens (including phenoxy) is 1. The fraction of sp³-hybridized carbons (Fsp3) is 0.391. The molecular formula is C23H27NO3. The second-order valence-electron chi connectivity index (χ2n) is 8.45. The van der Waals surface area contributed by atoms with Gasteiger partial charge in [0.1, 0.15) is 5.60 Å². The van der Waals surface area contributed by atoms with Crippen molar-refractivity contribution >= 4 is 12.0 Å². The highest BCUT2D eigenvalue weighted by Gasteiger charge is 2.47. The highest BCUT2D eigenvalue weighted by atomic mass is 16.6. The van der Waals surface area contributed by atoms with E-state index in [-0.39, 0.29) is 5.91 Å². The van der Waals surface area contributed by atoms with Crippen molar-refractivity contribution in [3.63, 3.8) is 0 Å². The molecule has 2 aromatic carbocycles. The van der Waals surface area contributed by atoms with Gasteiger partial charge in [-0.2, -0.15) is 0 Å². The first kappa shape index (κ1) is 19.2. The summed E-state index contributed by atoms with van der Waals surface area (Å²) in [5.41, 5.74) is 2.23. The molecule has 1 aliphatic rings. The van der Waals surface area contributed by atoms with Gasteiger partial charge in [-0.15, -0.1) is 0 Å². The lowest BCUT2D eigenvalue weighted by molar-refractivity contribution is -0.129. The van der Waals surface area contributed by atoms with Crippen molar-refractivity contribution in [2.75, 3.05) is 0 Å². The predicted octanol–water partition coefficient (Wildman–Crippen LogP) is 5.21. The number of hydrogen-bond acceptors (Lipinski definition) is 3. The van der Waals surface area contributed by atoms with Crippen LogP contribution < -0.4 is 0 Å². The number of nitrogens with zero attached hydrogens (tertiary/aromatic N) is 1. The maximum atomic E-state index is 12.6. The number of likely N-dealkylation sites (tertiary alicyclic amines) is 1. The zero-order valence-electron chi connectivity index (χ0n) is 16.5.